The molecule has 0 spiro atoms. The molecule has 1 N–H and O–H groups in total. The van der Waals surface area contributed by atoms with Gasteiger partial charge in [0.25, 0.3) is 5.91 Å². The van der Waals surface area contributed by atoms with Crippen LogP contribution in [0, 0.1) is 12.8 Å². The van der Waals surface area contributed by atoms with E-state index < -0.39 is 0 Å². The summed E-state index contributed by atoms with van der Waals surface area (Å²) in [5.74, 6) is 0.722. The Morgan fingerprint density at radius 2 is 1.78 bits per heavy atom. The number of methoxy groups -OCH3 is 1. The van der Waals surface area contributed by atoms with Crippen LogP contribution in [0.25, 0.3) is 11.3 Å². The largest absolute Gasteiger partial charge is 0.381 e. The van der Waals surface area contributed by atoms with Gasteiger partial charge in [-0.3, -0.25) is 4.79 Å². The molecule has 2 saturated carbocycles. The predicted molar refractivity (Wildman–Crippen MR) is 149 cm³/mol. The molecule has 5 heteroatoms. The summed E-state index contributed by atoms with van der Waals surface area (Å²) in [6.07, 6.45) is 10.8. The van der Waals surface area contributed by atoms with Crippen molar-refractivity contribution in [2.75, 3.05) is 20.3 Å². The van der Waals surface area contributed by atoms with Gasteiger partial charge in [-0.25, -0.2) is 0 Å². The SMILES string of the molecule is COC(C)(C)c1cc(-c2cc(C(=O)NC3CCOCC3)c(C)n2CC2CCCCC2)cc(C2(C)CC2)c1. The third-order valence-corrected chi connectivity index (χ3v) is 9.46. The molecule has 1 saturated heterocycles. The van der Waals surface area contributed by atoms with E-state index in [4.69, 9.17) is 9.47 Å². The first kappa shape index (κ1) is 26.5. The third kappa shape index (κ3) is 5.68. The molecule has 2 aliphatic carbocycles. The molecule has 202 valence electrons. The maximum atomic E-state index is 13.5. The average molecular weight is 507 g/mol. The Balaban J connectivity index is 1.57. The lowest BCUT2D eigenvalue weighted by molar-refractivity contribution is 0.0192. The maximum absolute atomic E-state index is 13.5. The smallest absolute Gasteiger partial charge is 0.253 e. The molecule has 1 aliphatic heterocycles. The van der Waals surface area contributed by atoms with E-state index in [1.54, 1.807) is 7.11 Å². The van der Waals surface area contributed by atoms with Gasteiger partial charge in [-0.2, -0.15) is 0 Å². The fraction of sp³-hybridized carbons (Fsp3) is 0.656. The van der Waals surface area contributed by atoms with Crippen LogP contribution in [0.2, 0.25) is 0 Å². The Kier molecular flexibility index (Phi) is 7.57. The molecule has 2 aromatic rings. The fourth-order valence-corrected chi connectivity index (χ4v) is 6.15. The van der Waals surface area contributed by atoms with E-state index in [1.165, 1.54) is 67.3 Å². The topological polar surface area (TPSA) is 52.5 Å². The minimum absolute atomic E-state index is 0.0517. The molecule has 37 heavy (non-hydrogen) atoms. The highest BCUT2D eigenvalue weighted by Crippen LogP contribution is 2.49. The number of hydrogen-bond donors (Lipinski definition) is 1. The number of amides is 1. The lowest BCUT2D eigenvalue weighted by atomic mass is 9.87. The summed E-state index contributed by atoms with van der Waals surface area (Å²) in [5.41, 5.74) is 6.72. The van der Waals surface area contributed by atoms with Crippen molar-refractivity contribution in [3.8, 4) is 11.3 Å². The van der Waals surface area contributed by atoms with Crippen LogP contribution < -0.4 is 5.32 Å². The van der Waals surface area contributed by atoms with E-state index in [2.05, 4.69) is 61.8 Å². The average Bonchev–Trinajstić information content (AvgIpc) is 3.59. The molecule has 0 radical (unpaired) electrons. The molecule has 1 aromatic heterocycles. The van der Waals surface area contributed by atoms with Crippen molar-refractivity contribution in [2.24, 2.45) is 5.92 Å². The van der Waals surface area contributed by atoms with Crippen LogP contribution in [0.4, 0.5) is 0 Å². The molecule has 2 heterocycles. The number of rotatable bonds is 8. The quantitative estimate of drug-likeness (QED) is 0.424. The standard InChI is InChI=1S/C32H46N2O3/c1-22-28(30(35)33-27-11-15-37-16-12-27)20-29(34(22)21-23-9-7-6-8-10-23)24-17-25(31(2,3)36-5)19-26(18-24)32(4)13-14-32/h17-20,23,27H,6-16,21H2,1-5H3,(H,33,35). The van der Waals surface area contributed by atoms with Crippen LogP contribution in [0.5, 0.6) is 0 Å². The summed E-state index contributed by atoms with van der Waals surface area (Å²) in [5, 5.41) is 3.31. The Bertz CT molecular complexity index is 1120. The Morgan fingerprint density at radius 1 is 1.08 bits per heavy atom. The number of carbonyl (C=O) groups excluding carboxylic acids is 1. The van der Waals surface area contributed by atoms with Gasteiger partial charge in [-0.15, -0.1) is 0 Å². The molecule has 0 atom stereocenters. The van der Waals surface area contributed by atoms with Gasteiger partial charge in [-0.05, 0) is 106 Å². The monoisotopic (exact) mass is 506 g/mol. The number of benzene rings is 1. The van der Waals surface area contributed by atoms with E-state index in [-0.39, 0.29) is 23.0 Å². The molecule has 0 unspecified atom stereocenters. The molecule has 5 nitrogen and oxygen atoms in total. The van der Waals surface area contributed by atoms with Crippen LogP contribution in [0.15, 0.2) is 24.3 Å². The lowest BCUT2D eigenvalue weighted by Gasteiger charge is -2.27. The summed E-state index contributed by atoms with van der Waals surface area (Å²) in [4.78, 5) is 13.5. The zero-order valence-corrected chi connectivity index (χ0v) is 23.6. The number of nitrogens with one attached hydrogen (secondary N) is 1. The van der Waals surface area contributed by atoms with E-state index in [1.807, 2.05) is 0 Å². The van der Waals surface area contributed by atoms with Gasteiger partial charge in [0.2, 0.25) is 0 Å². The zero-order valence-electron chi connectivity index (χ0n) is 23.6. The van der Waals surface area contributed by atoms with Gasteiger partial charge in [0.1, 0.15) is 0 Å². The number of nitrogens with zero attached hydrogens (tertiary/aromatic N) is 1. The van der Waals surface area contributed by atoms with Crippen LogP contribution in [-0.4, -0.2) is 36.8 Å². The Hall–Kier alpha value is -2.11. The first-order valence-electron chi connectivity index (χ1n) is 14.5. The molecule has 5 rings (SSSR count). The highest BCUT2D eigenvalue weighted by atomic mass is 16.5. The highest BCUT2D eigenvalue weighted by Gasteiger charge is 2.40. The number of aromatic nitrogens is 1. The first-order valence-corrected chi connectivity index (χ1v) is 14.5. The predicted octanol–water partition coefficient (Wildman–Crippen LogP) is 6.89. The summed E-state index contributed by atoms with van der Waals surface area (Å²) in [6.45, 7) is 11.2. The minimum atomic E-state index is -0.380. The van der Waals surface area contributed by atoms with Crippen molar-refractivity contribution in [3.63, 3.8) is 0 Å². The van der Waals surface area contributed by atoms with Crippen molar-refractivity contribution >= 4 is 5.91 Å². The Morgan fingerprint density at radius 3 is 2.43 bits per heavy atom. The summed E-state index contributed by atoms with van der Waals surface area (Å²) in [7, 11) is 1.79. The molecular weight excluding hydrogens is 460 g/mol. The minimum Gasteiger partial charge on any atom is -0.381 e. The zero-order chi connectivity index (χ0) is 26.2. The van der Waals surface area contributed by atoms with E-state index in [0.717, 1.165) is 43.9 Å². The fourth-order valence-electron chi connectivity index (χ4n) is 6.15. The molecule has 1 amide bonds. The van der Waals surface area contributed by atoms with Gasteiger partial charge in [0, 0.05) is 44.3 Å². The second kappa shape index (κ2) is 10.6. The number of hydrogen-bond acceptors (Lipinski definition) is 3. The van der Waals surface area contributed by atoms with Crippen LogP contribution in [0.3, 0.4) is 0 Å². The maximum Gasteiger partial charge on any atom is 0.253 e. The summed E-state index contributed by atoms with van der Waals surface area (Å²) in [6, 6.07) is 9.38. The van der Waals surface area contributed by atoms with Gasteiger partial charge in [-0.1, -0.05) is 32.3 Å². The second-order valence-corrected chi connectivity index (χ2v) is 12.6. The van der Waals surface area contributed by atoms with E-state index in [9.17, 15) is 4.79 Å². The second-order valence-electron chi connectivity index (χ2n) is 12.6. The van der Waals surface area contributed by atoms with Gasteiger partial charge in [0.15, 0.2) is 0 Å². The summed E-state index contributed by atoms with van der Waals surface area (Å²) >= 11 is 0. The number of ether oxygens (including phenoxy) is 2. The lowest BCUT2D eigenvalue weighted by Crippen LogP contribution is -2.39. The van der Waals surface area contributed by atoms with Gasteiger partial charge < -0.3 is 19.4 Å². The van der Waals surface area contributed by atoms with E-state index in [0.29, 0.717) is 5.92 Å². The molecule has 1 aromatic carbocycles. The van der Waals surface area contributed by atoms with Crippen LogP contribution in [0.1, 0.15) is 106 Å². The van der Waals surface area contributed by atoms with Crippen LogP contribution in [-0.2, 0) is 27.0 Å². The molecule has 3 aliphatic rings. The molecule has 0 bridgehead atoms. The molecule has 3 fully saturated rings. The first-order chi connectivity index (χ1) is 17.7. The highest BCUT2D eigenvalue weighted by molar-refractivity contribution is 5.97. The van der Waals surface area contributed by atoms with E-state index >= 15 is 0 Å². The van der Waals surface area contributed by atoms with Crippen molar-refractivity contribution in [1.82, 2.24) is 9.88 Å². The van der Waals surface area contributed by atoms with Gasteiger partial charge in [0.05, 0.1) is 11.2 Å². The molecular formula is C32H46N2O3. The third-order valence-electron chi connectivity index (χ3n) is 9.46. The van der Waals surface area contributed by atoms with Gasteiger partial charge >= 0.3 is 0 Å². The van der Waals surface area contributed by atoms with Crippen molar-refractivity contribution < 1.29 is 14.3 Å². The normalized spacial score (nSPS) is 20.7. The Labute approximate surface area is 223 Å². The summed E-state index contributed by atoms with van der Waals surface area (Å²) < 4.78 is 13.9. The van der Waals surface area contributed by atoms with Crippen molar-refractivity contribution in [1.29, 1.82) is 0 Å². The van der Waals surface area contributed by atoms with Crippen LogP contribution >= 0.6 is 0 Å². The van der Waals surface area contributed by atoms with Crippen molar-refractivity contribution in [2.45, 2.75) is 109 Å². The number of carbonyl (C=O) groups is 1. The van der Waals surface area contributed by atoms with Crippen molar-refractivity contribution in [3.05, 3.63) is 46.6 Å².